The van der Waals surface area contributed by atoms with E-state index in [9.17, 15) is 70.2 Å². The van der Waals surface area contributed by atoms with Crippen LogP contribution in [0.1, 0.15) is 57.1 Å². The van der Waals surface area contributed by atoms with Gasteiger partial charge in [0.1, 0.15) is 91.6 Å². The molecule has 0 radical (unpaired) electrons. The SMILES string of the molecule is C=C1NC(=O)N(C)C=C1C1O[C@H](CCP(=C)(C)C)[C@@H](O)[C@H]1O.C=C1NC(=O)NC=C1C1O[C@H](CCP(=C)(C)C)[C@@H](O)[C@H]1O.C=C1NC(=S)N(C)C=C1C1O[C@H](CCP(=C)(C)C)[C@@H](O)[C@H]1O.C=C1NC(=S)NC=C1C1O[C@H](CCP(=C)(C)C)[C@@H](O)[C@H]1O.C=P(C)(C)CC[C@H]1O[C@@H](c2cn(CNCCC)c(=O)[nH]c2=O)[C@H](O)[C@@H]1O. The third kappa shape index (κ3) is 27.5. The molecule has 10 heterocycles. The van der Waals surface area contributed by atoms with Crippen LogP contribution in [-0.4, -0.2) is 358 Å². The van der Waals surface area contributed by atoms with Gasteiger partial charge in [-0.05, 0) is 167 Å². The number of aromatic nitrogens is 2. The minimum atomic E-state index is -1.29. The summed E-state index contributed by atoms with van der Waals surface area (Å²) in [4.78, 5) is 52.2. The molecular formula is C75H126N11O19P5S2. The lowest BCUT2D eigenvalue weighted by molar-refractivity contribution is 0.00492. The largest absolute Gasteiger partial charge is 0.388 e. The Morgan fingerprint density at radius 3 is 1.12 bits per heavy atom. The lowest BCUT2D eigenvalue weighted by Gasteiger charge is -2.30. The van der Waals surface area contributed by atoms with Crippen molar-refractivity contribution < 1.29 is 84.3 Å². The maximum atomic E-state index is 12.2. The summed E-state index contributed by atoms with van der Waals surface area (Å²) >= 11 is 10.1. The van der Waals surface area contributed by atoms with E-state index in [1.54, 1.807) is 30.5 Å². The van der Waals surface area contributed by atoms with Gasteiger partial charge in [-0.15, -0.1) is 65.9 Å². The van der Waals surface area contributed by atoms with Crippen molar-refractivity contribution >= 4 is 113 Å². The number of carbonyl (C=O) groups is 2. The fourth-order valence-electron chi connectivity index (χ4n) is 13.0. The number of nitrogens with zero attached hydrogens (tertiary/aromatic N) is 3. The molecule has 0 spiro atoms. The molecule has 0 bridgehead atoms. The van der Waals surface area contributed by atoms with Crippen molar-refractivity contribution in [3.63, 3.8) is 0 Å². The Morgan fingerprint density at radius 1 is 0.446 bits per heavy atom. The number of thiocarbonyl (C=S) groups is 2. The first kappa shape index (κ1) is 96.2. The molecule has 632 valence electrons. The Hall–Kier alpha value is -4.62. The number of aliphatic hydroxyl groups excluding tert-OH is 10. The molecule has 10 rings (SSSR count). The summed E-state index contributed by atoms with van der Waals surface area (Å²) in [6.07, 6.45) is 21.4. The van der Waals surface area contributed by atoms with Gasteiger partial charge in [0.15, 0.2) is 10.2 Å². The molecule has 9 aliphatic rings. The minimum Gasteiger partial charge on any atom is -0.388 e. The fourth-order valence-corrected chi connectivity index (χ4v) is 18.2. The first-order chi connectivity index (χ1) is 51.7. The van der Waals surface area contributed by atoms with E-state index in [1.165, 1.54) is 21.9 Å². The summed E-state index contributed by atoms with van der Waals surface area (Å²) in [6.45, 7) is 33.5. The van der Waals surface area contributed by atoms with Crippen LogP contribution in [0, 0.1) is 0 Å². The van der Waals surface area contributed by atoms with Crippen molar-refractivity contribution in [2.45, 2.75) is 174 Å². The summed E-state index contributed by atoms with van der Waals surface area (Å²) in [5.41, 5.74) is 3.48. The molecule has 1 aromatic rings. The zero-order valence-electron chi connectivity index (χ0n) is 67.0. The van der Waals surface area contributed by atoms with E-state index >= 15 is 0 Å². The molecule has 9 aliphatic heterocycles. The van der Waals surface area contributed by atoms with Gasteiger partial charge in [-0.2, -0.15) is 0 Å². The van der Waals surface area contributed by atoms with E-state index in [0.29, 0.717) is 87.4 Å². The Balaban J connectivity index is 0.000000219. The summed E-state index contributed by atoms with van der Waals surface area (Å²) in [5.74, 6) is 0. The van der Waals surface area contributed by atoms with Crippen LogP contribution in [0.15, 0.2) is 112 Å². The zero-order valence-corrected chi connectivity index (χ0v) is 73.1. The predicted molar refractivity (Wildman–Crippen MR) is 468 cm³/mol. The van der Waals surface area contributed by atoms with E-state index < -0.39 is 156 Å². The first-order valence-corrected chi connectivity index (χ1v) is 53.1. The van der Waals surface area contributed by atoms with Crippen LogP contribution in [0.3, 0.4) is 0 Å². The highest BCUT2D eigenvalue weighted by molar-refractivity contribution is 7.80. The summed E-state index contributed by atoms with van der Waals surface area (Å²) in [5, 5.41) is 123. The molecule has 4 amide bonds. The number of aliphatic hydroxyl groups is 10. The lowest BCUT2D eigenvalue weighted by Crippen LogP contribution is -2.42. The third-order valence-corrected chi connectivity index (χ3v) is 27.6. The number of rotatable bonds is 24. The molecule has 0 aliphatic carbocycles. The van der Waals surface area contributed by atoms with E-state index in [0.717, 1.165) is 43.8 Å². The van der Waals surface area contributed by atoms with Crippen LogP contribution in [0.5, 0.6) is 0 Å². The number of hydrogen-bond donors (Lipinski definition) is 18. The molecule has 5 fully saturated rings. The highest BCUT2D eigenvalue weighted by Crippen LogP contribution is 2.45. The third-order valence-electron chi connectivity index (χ3n) is 19.6. The molecule has 4 unspecified atom stereocenters. The number of amides is 4. The Bertz CT molecular complexity index is 3930. The van der Waals surface area contributed by atoms with Gasteiger partial charge in [-0.3, -0.25) is 19.7 Å². The predicted octanol–water partition coefficient (Wildman–Crippen LogP) is 1.91. The molecule has 0 aromatic carbocycles. The lowest BCUT2D eigenvalue weighted by atomic mass is 9.99. The van der Waals surface area contributed by atoms with Gasteiger partial charge in [0, 0.05) is 90.2 Å². The average Bonchev–Trinajstić information content (AvgIpc) is 1.61. The van der Waals surface area contributed by atoms with Gasteiger partial charge in [-0.25, -0.2) is 14.4 Å². The van der Waals surface area contributed by atoms with Gasteiger partial charge in [0.2, 0.25) is 0 Å². The maximum absolute atomic E-state index is 12.2. The number of nitrogens with one attached hydrogen (secondary N) is 8. The molecule has 1 aromatic heterocycles. The molecule has 5 saturated heterocycles. The van der Waals surface area contributed by atoms with Crippen molar-refractivity contribution in [2.75, 3.05) is 118 Å². The van der Waals surface area contributed by atoms with Crippen LogP contribution in [0.2, 0.25) is 0 Å². The Morgan fingerprint density at radius 2 is 0.768 bits per heavy atom. The highest BCUT2D eigenvalue weighted by Gasteiger charge is 2.50. The number of carbonyl (C=O) groups excluding carboxylic acids is 2. The van der Waals surface area contributed by atoms with Gasteiger partial charge in [-0.1, -0.05) is 33.2 Å². The van der Waals surface area contributed by atoms with Crippen LogP contribution in [-0.2, 0) is 30.4 Å². The maximum Gasteiger partial charge on any atom is 0.329 e. The second-order valence-electron chi connectivity index (χ2n) is 33.2. The molecular weight excluding hydrogens is 1580 g/mol. The molecule has 37 heteroatoms. The van der Waals surface area contributed by atoms with Crippen LogP contribution >= 0.6 is 58.9 Å². The summed E-state index contributed by atoms with van der Waals surface area (Å²) < 4.78 is 30.6. The summed E-state index contributed by atoms with van der Waals surface area (Å²) in [7, 11) is 3.42. The highest BCUT2D eigenvalue weighted by atomic mass is 32.1. The molecule has 0 saturated carbocycles. The second kappa shape index (κ2) is 40.7. The standard InChI is InChI=1S/C17H30N3O5P.C15H25N2O4P.C15H25N2O3PS.C14H23N2O4P.C14H23N2O3PS/c1-5-7-18-10-20-9-11(16(23)19-17(20)24)15-14(22)13(21)12(25-15)6-8-26(2,3)4;1-9-10(8-17(2)15(20)16-9)14-13(19)12(18)11(21-14)6-7-22(3,4)5;1-9-10(8-17(2)15(22)16-9)14-13(19)12(18)11(20-14)6-7-21(3,4)5;1-8-9(7-15-14(19)16-8)13-12(18)11(17)10(20-13)5-6-21(2,3)4;1-8-9(7-15-14(21)16-8)13-12(18)11(17)10(19-13)5-6-20(2,3)4/h9,12-15,18,21-22H,2,5-8,10H2,1,3-4H3,(H,19,23,24);8,11-14,18-19H,1,3,6-7H2,2,4-5H3,(H,16,20);8,11-14,18-19H,1,3,6-7H2,2,4-5H3,(H,16,22);7,10-13,17-18H,1-2,5-6H2,3-4H3,(H2,15,16,19);7,10-13,17-18H,1-2,5-6H2,3-4H3,(H2,15,16,21)/t12-,13-,14-,15+;2*11-,12-,13-,14?;2*10-,11-,12-,13?/m11111/s1. The van der Waals surface area contributed by atoms with Gasteiger partial charge in [0.05, 0.1) is 42.8 Å². The van der Waals surface area contributed by atoms with Crippen LogP contribution in [0.4, 0.5) is 9.59 Å². The van der Waals surface area contributed by atoms with Crippen molar-refractivity contribution in [1.29, 1.82) is 0 Å². The van der Waals surface area contributed by atoms with Crippen molar-refractivity contribution in [3.05, 3.63) is 129 Å². The Labute approximate surface area is 670 Å². The van der Waals surface area contributed by atoms with E-state index in [2.05, 4.69) is 167 Å². The normalized spacial score (nSPS) is 31.6. The average molecular weight is 1700 g/mol. The monoisotopic (exact) mass is 1700 g/mol. The number of ether oxygens (including phenoxy) is 5. The number of H-pyrrole nitrogens is 1. The first-order valence-electron chi connectivity index (χ1n) is 37.0. The van der Waals surface area contributed by atoms with Gasteiger partial charge >= 0.3 is 17.8 Å². The van der Waals surface area contributed by atoms with Crippen LogP contribution < -0.4 is 48.5 Å². The topological polar surface area (TPSA) is 428 Å². The molecule has 30 nitrogen and oxygen atoms in total. The smallest absolute Gasteiger partial charge is 0.329 e. The number of urea groups is 2. The summed E-state index contributed by atoms with van der Waals surface area (Å²) in [6, 6.07) is -0.668. The quantitative estimate of drug-likeness (QED) is 0.0399. The molecule has 20 atom stereocenters. The van der Waals surface area contributed by atoms with E-state index in [4.69, 9.17) is 48.1 Å². The minimum absolute atomic E-state index is 0.139. The Kier molecular flexibility index (Phi) is 35.0. The molecule has 18 N–H and O–H groups in total. The second-order valence-corrected chi connectivity index (χ2v) is 55.5. The molecule has 112 heavy (non-hydrogen) atoms. The fraction of sp³-hybridized carbons (Fsp3) is 0.613. The van der Waals surface area contributed by atoms with Gasteiger partial charge in [0.25, 0.3) is 5.56 Å². The van der Waals surface area contributed by atoms with E-state index in [1.807, 2.05) is 14.0 Å². The number of aromatic amines is 1. The van der Waals surface area contributed by atoms with E-state index in [-0.39, 0.29) is 36.5 Å². The van der Waals surface area contributed by atoms with Crippen molar-refractivity contribution in [3.8, 4) is 0 Å². The van der Waals surface area contributed by atoms with Gasteiger partial charge < -0.3 is 116 Å². The van der Waals surface area contributed by atoms with Crippen LogP contribution in [0.25, 0.3) is 0 Å². The zero-order chi connectivity index (χ0) is 84.4. The van der Waals surface area contributed by atoms with Crippen molar-refractivity contribution in [1.82, 2.24) is 56.6 Å². The number of hydrogen-bond acceptors (Lipinski definition) is 22. The van der Waals surface area contributed by atoms with Crippen molar-refractivity contribution in [2.24, 2.45) is 0 Å².